The van der Waals surface area contributed by atoms with E-state index >= 15 is 0 Å². The van der Waals surface area contributed by atoms with E-state index in [2.05, 4.69) is 420 Å². The summed E-state index contributed by atoms with van der Waals surface area (Å²) in [4.78, 5) is 29.6. The zero-order chi connectivity index (χ0) is 95.4. The molecule has 4 aromatic heterocycles. The van der Waals surface area contributed by atoms with Crippen molar-refractivity contribution in [2.75, 3.05) is 0 Å². The third-order valence-electron chi connectivity index (χ3n) is 31.3. The second-order valence-electron chi connectivity index (χ2n) is 40.2. The number of benzene rings is 18. The second-order valence-corrected chi connectivity index (χ2v) is 40.5. The smallest absolute Gasteiger partial charge is 0.457 e. The fourth-order valence-corrected chi connectivity index (χ4v) is 24.1. The third kappa shape index (κ3) is 12.7. The molecule has 142 heavy (non-hydrogen) atoms. The van der Waals surface area contributed by atoms with Gasteiger partial charge >= 0.3 is 7.12 Å². The Balaban J connectivity index is 0.000000114. The number of ether oxygens (including phenoxy) is 2. The molecule has 7 heterocycles. The van der Waals surface area contributed by atoms with Gasteiger partial charge in [0, 0.05) is 93.8 Å². The molecule has 1 saturated heterocycles. The summed E-state index contributed by atoms with van der Waals surface area (Å²) < 4.78 is 30.7. The van der Waals surface area contributed by atoms with E-state index in [4.69, 9.17) is 50.3 Å². The minimum absolute atomic E-state index is 0.0846. The lowest BCUT2D eigenvalue weighted by atomic mass is 9.65. The number of nitrogens with zero attached hydrogens (tertiary/aromatic N) is 8. The Morgan fingerprint density at radius 3 is 0.972 bits per heavy atom. The molecule has 2 spiro atoms. The summed E-state index contributed by atoms with van der Waals surface area (Å²) in [5.41, 5.74) is 35.4. The van der Waals surface area contributed by atoms with Crippen LogP contribution in [0.15, 0.2) is 413 Å². The van der Waals surface area contributed by atoms with Crippen molar-refractivity contribution >= 4 is 67.8 Å². The van der Waals surface area contributed by atoms with Gasteiger partial charge in [0.15, 0.2) is 29.1 Å². The maximum absolute atomic E-state index is 6.63. The molecule has 29 rings (SSSR count). The number of hydrogen-bond acceptors (Lipinski definition) is 10. The van der Waals surface area contributed by atoms with Crippen LogP contribution < -0.4 is 14.9 Å². The highest BCUT2D eigenvalue weighted by Gasteiger charge is 2.56. The van der Waals surface area contributed by atoms with Crippen molar-refractivity contribution in [1.29, 1.82) is 0 Å². The zero-order valence-electron chi connectivity index (χ0n) is 79.4. The highest BCUT2D eigenvalue weighted by molar-refractivity contribution is 6.62. The molecule has 0 saturated carbocycles. The Bertz CT molecular complexity index is 8960. The van der Waals surface area contributed by atoms with Crippen LogP contribution in [-0.2, 0) is 31.0 Å². The Kier molecular flexibility index (Phi) is 18.9. The molecule has 0 atom stereocenters. The van der Waals surface area contributed by atoms with Gasteiger partial charge in [-0.05, 0) is 225 Å². The predicted octanol–water partition coefficient (Wildman–Crippen LogP) is 30.5. The molecule has 12 nitrogen and oxygen atoms in total. The van der Waals surface area contributed by atoms with E-state index in [0.29, 0.717) is 29.1 Å². The van der Waals surface area contributed by atoms with E-state index in [-0.39, 0.29) is 16.1 Å². The Morgan fingerprint density at radius 1 is 0.225 bits per heavy atom. The fourth-order valence-electron chi connectivity index (χ4n) is 24.0. The first-order valence-electron chi connectivity index (χ1n) is 48.7. The van der Waals surface area contributed by atoms with Gasteiger partial charge in [-0.1, -0.05) is 349 Å². The van der Waals surface area contributed by atoms with Crippen LogP contribution in [0, 0.1) is 0 Å². The van der Waals surface area contributed by atoms with Crippen molar-refractivity contribution in [2.45, 2.75) is 88.3 Å². The number of rotatable bonds is 8. The molecule has 18 aromatic carbocycles. The van der Waals surface area contributed by atoms with Crippen molar-refractivity contribution in [3.8, 4) is 136 Å². The van der Waals surface area contributed by atoms with Crippen LogP contribution in [0.4, 0.5) is 0 Å². The SMILES string of the molecule is CC1(C)OB(c2ccc3c(c2)C2(c4ccccc4Oc4ccccc42)c2ccccc2-3)OC1(C)C.CC1(C)c2ccccc2-c2cc3c4ccccc4n(-c4cccc(-c5nc(-c6ccccc6)nc(-c6ccc7c(c6)C6(c8ccccc8Oc8ccccc86)c6ccccc6-7)n5)c4)c3cc21.CC1(C)c2ccccc2-c2cc3c4ccccc4n(-c4cccc(-c5nc(Cl)nc(-c6ccccc6)n5)c4)c3cc21. The van der Waals surface area contributed by atoms with Crippen molar-refractivity contribution in [3.63, 3.8) is 0 Å². The summed E-state index contributed by atoms with van der Waals surface area (Å²) in [5, 5.41) is 5.11. The topological polar surface area (TPSA) is 124 Å². The lowest BCUT2D eigenvalue weighted by molar-refractivity contribution is 0.00578. The maximum atomic E-state index is 6.63. The average molecular weight is 1850 g/mol. The molecule has 4 aliphatic carbocycles. The van der Waals surface area contributed by atoms with Crippen LogP contribution in [0.25, 0.3) is 156 Å². The predicted molar refractivity (Wildman–Crippen MR) is 573 cm³/mol. The molecule has 0 bridgehead atoms. The lowest BCUT2D eigenvalue weighted by Crippen LogP contribution is -2.41. The second kappa shape index (κ2) is 31.7. The van der Waals surface area contributed by atoms with Gasteiger partial charge in [-0.2, -0.15) is 9.97 Å². The summed E-state index contributed by atoms with van der Waals surface area (Å²) in [7, 11) is -0.420. The quantitative estimate of drug-likeness (QED) is 0.136. The largest absolute Gasteiger partial charge is 0.494 e. The normalized spacial score (nSPS) is 15.3. The molecular formula is C128H92BClN8O4. The van der Waals surface area contributed by atoms with Crippen LogP contribution in [0.1, 0.15) is 122 Å². The zero-order valence-corrected chi connectivity index (χ0v) is 80.2. The van der Waals surface area contributed by atoms with Gasteiger partial charge in [-0.15, -0.1) is 0 Å². The van der Waals surface area contributed by atoms with Gasteiger partial charge in [0.05, 0.1) is 44.1 Å². The highest BCUT2D eigenvalue weighted by Crippen LogP contribution is 2.65. The van der Waals surface area contributed by atoms with E-state index in [9.17, 15) is 0 Å². The first-order valence-corrected chi connectivity index (χ1v) is 49.1. The summed E-state index contributed by atoms with van der Waals surface area (Å²) >= 11 is 6.40. The monoisotopic (exact) mass is 1850 g/mol. The Morgan fingerprint density at radius 2 is 0.542 bits per heavy atom. The van der Waals surface area contributed by atoms with Gasteiger partial charge < -0.3 is 27.9 Å². The standard InChI is InChI=1S/C61H40N4O.C36H25ClN4.C31H27BO3/c1-60(2)47-24-9-6-22-42(47)45-35-46-44-23-8-13-28-53(44)65(54(46)36-51(45)60)40-20-16-19-38(33-40)58-62-57(37-17-4-3-5-18-37)63-59(64-58)39-31-32-43-41-21-7-10-25-48(41)61(52(43)34-39)49-26-11-14-29-55(49)66-56-30-15-12-27-50(56)61;1-36(2)29-17-8-6-15-25(29)27-20-28-26-16-7-9-18-31(26)41(32(28)21-30(27)36)24-14-10-13-23(19-24)34-38-33(39-35(37)40-34)22-11-4-3-5-12-22;1-29(2)30(3,4)35-32(34-29)20-17-18-22-21-11-5-6-12-23(21)31(26(22)19-20)24-13-7-9-15-27(24)33-28-16-10-8-14-25(28)31/h3-36H,1-2H3;3-21H,1-2H3;5-19H,1-4H3. The summed E-state index contributed by atoms with van der Waals surface area (Å²) in [6.45, 7) is 17.7. The van der Waals surface area contributed by atoms with Crippen molar-refractivity contribution in [3.05, 3.63) is 485 Å². The fraction of sp³-hybridized carbons (Fsp3) is 0.109. The number of fused-ring (bicyclic) bond motifs is 30. The van der Waals surface area contributed by atoms with Gasteiger partial charge in [0.2, 0.25) is 5.28 Å². The number of para-hydroxylation sites is 6. The van der Waals surface area contributed by atoms with Crippen LogP contribution >= 0.6 is 11.6 Å². The Labute approximate surface area is 828 Å². The van der Waals surface area contributed by atoms with Crippen LogP contribution in [0.2, 0.25) is 5.28 Å². The van der Waals surface area contributed by atoms with Gasteiger partial charge in [0.1, 0.15) is 23.0 Å². The number of aromatic nitrogens is 8. The number of hydrogen-bond donors (Lipinski definition) is 0. The van der Waals surface area contributed by atoms with Gasteiger partial charge in [0.25, 0.3) is 0 Å². The molecular weight excluding hydrogens is 1760 g/mol. The third-order valence-corrected chi connectivity index (χ3v) is 31.5. The summed E-state index contributed by atoms with van der Waals surface area (Å²) in [6, 6.07) is 147. The van der Waals surface area contributed by atoms with E-state index in [0.717, 1.165) is 101 Å². The molecule has 0 N–H and O–H groups in total. The molecule has 7 aliphatic rings. The Hall–Kier alpha value is -16.5. The average Bonchev–Trinajstić information content (AvgIpc) is 1.50. The minimum Gasteiger partial charge on any atom is -0.457 e. The molecule has 678 valence electrons. The van der Waals surface area contributed by atoms with Crippen molar-refractivity contribution in [1.82, 2.24) is 39.0 Å². The maximum Gasteiger partial charge on any atom is 0.494 e. The van der Waals surface area contributed by atoms with Crippen LogP contribution in [0.3, 0.4) is 0 Å². The lowest BCUT2D eigenvalue weighted by Gasteiger charge is -2.39. The molecule has 22 aromatic rings. The van der Waals surface area contributed by atoms with Crippen LogP contribution in [0.5, 0.6) is 23.0 Å². The number of halogens is 1. The minimum atomic E-state index is -0.611. The van der Waals surface area contributed by atoms with E-state index in [1.807, 2.05) is 66.7 Å². The molecule has 3 aliphatic heterocycles. The molecule has 0 amide bonds. The summed E-state index contributed by atoms with van der Waals surface area (Å²) in [6.07, 6.45) is 0. The van der Waals surface area contributed by atoms with E-state index in [1.165, 1.54) is 122 Å². The molecule has 0 unspecified atom stereocenters. The molecule has 0 radical (unpaired) electrons. The van der Waals surface area contributed by atoms with Gasteiger partial charge in [-0.3, -0.25) is 0 Å². The van der Waals surface area contributed by atoms with E-state index in [1.54, 1.807) is 0 Å². The summed E-state index contributed by atoms with van der Waals surface area (Å²) in [5.74, 6) is 6.46. The highest BCUT2D eigenvalue weighted by atomic mass is 35.5. The first-order chi connectivity index (χ1) is 69.3. The molecule has 14 heteroatoms. The van der Waals surface area contributed by atoms with E-state index < -0.39 is 29.2 Å². The van der Waals surface area contributed by atoms with Crippen LogP contribution in [-0.4, -0.2) is 57.4 Å². The van der Waals surface area contributed by atoms with Gasteiger partial charge in [-0.25, -0.2) is 19.9 Å². The first kappa shape index (κ1) is 84.7. The van der Waals surface area contributed by atoms with Crippen molar-refractivity contribution < 1.29 is 18.8 Å². The van der Waals surface area contributed by atoms with Crippen molar-refractivity contribution in [2.24, 2.45) is 0 Å². The molecule has 1 fully saturated rings.